The minimum Gasteiger partial charge on any atom is -0.493 e. The Morgan fingerprint density at radius 3 is 2.16 bits per heavy atom. The monoisotopic (exact) mass is 432 g/mol. The Balaban J connectivity index is 0.00000118. The van der Waals surface area contributed by atoms with Crippen LogP contribution in [0.5, 0.6) is 11.5 Å². The molecule has 1 aromatic carbocycles. The maximum atomic E-state index is 12.4. The van der Waals surface area contributed by atoms with Crippen molar-refractivity contribution in [2.75, 3.05) is 7.11 Å². The molecule has 0 saturated heterocycles. The number of nitrogens with zero attached hydrogens (tertiary/aromatic N) is 1. The molecule has 0 bridgehead atoms. The topological polar surface area (TPSA) is 104 Å². The fraction of sp³-hybridized carbons (Fsp3) is 0.391. The molecule has 31 heavy (non-hydrogen) atoms. The van der Waals surface area contributed by atoms with Crippen LogP contribution in [0.2, 0.25) is 0 Å². The number of methoxy groups -OCH3 is 1. The number of aromatic nitrogens is 1. The molecule has 1 amide bonds. The highest BCUT2D eigenvalue weighted by Crippen LogP contribution is 2.29. The molecule has 0 aliphatic carbocycles. The predicted octanol–water partition coefficient (Wildman–Crippen LogP) is 3.80. The van der Waals surface area contributed by atoms with E-state index in [0.717, 1.165) is 12.8 Å². The molecule has 0 saturated carbocycles. The molecular formula is C23H32N2O6. The van der Waals surface area contributed by atoms with Gasteiger partial charge in [0.25, 0.3) is 5.91 Å². The molecule has 170 valence electrons. The van der Waals surface area contributed by atoms with E-state index in [1.54, 1.807) is 6.92 Å². The highest BCUT2D eigenvalue weighted by atomic mass is 16.6. The van der Waals surface area contributed by atoms with Crippen molar-refractivity contribution >= 4 is 17.8 Å². The van der Waals surface area contributed by atoms with Gasteiger partial charge >= 0.3 is 11.9 Å². The van der Waals surface area contributed by atoms with E-state index in [1.807, 2.05) is 43.3 Å². The summed E-state index contributed by atoms with van der Waals surface area (Å²) in [6.07, 6.45) is 2.73. The minimum atomic E-state index is -0.884. The number of esters is 2. The average Bonchev–Trinajstić information content (AvgIpc) is 2.75. The van der Waals surface area contributed by atoms with Crippen molar-refractivity contribution in [3.05, 3.63) is 54.4 Å². The summed E-state index contributed by atoms with van der Waals surface area (Å²) in [6.45, 7) is 6.48. The number of hydrogen-bond donors (Lipinski definition) is 1. The summed E-state index contributed by atoms with van der Waals surface area (Å²) >= 11 is 0. The van der Waals surface area contributed by atoms with Gasteiger partial charge in [-0.15, -0.1) is 0 Å². The molecule has 2 rings (SSSR count). The van der Waals surface area contributed by atoms with Gasteiger partial charge in [0.15, 0.2) is 11.4 Å². The first-order valence-electron chi connectivity index (χ1n) is 10.0. The SMILES string of the molecule is CCC[C@H](C)OC(=O)[C@H](C)NC(=O)c1nccc(OC)c1OC(C)=O.[HH].c1ccccc1. The van der Waals surface area contributed by atoms with Crippen molar-refractivity contribution in [2.24, 2.45) is 0 Å². The minimum absolute atomic E-state index is 0. The van der Waals surface area contributed by atoms with Crippen LogP contribution in [0, 0.1) is 0 Å². The summed E-state index contributed by atoms with van der Waals surface area (Å²) in [4.78, 5) is 39.6. The molecule has 0 radical (unpaired) electrons. The first-order valence-corrected chi connectivity index (χ1v) is 10.0. The predicted molar refractivity (Wildman–Crippen MR) is 118 cm³/mol. The zero-order chi connectivity index (χ0) is 23.2. The van der Waals surface area contributed by atoms with Crippen LogP contribution < -0.4 is 14.8 Å². The number of amides is 1. The second-order valence-corrected chi connectivity index (χ2v) is 6.67. The Kier molecular flexibility index (Phi) is 11.4. The molecule has 1 heterocycles. The summed E-state index contributed by atoms with van der Waals surface area (Å²) in [6, 6.07) is 12.6. The second-order valence-electron chi connectivity index (χ2n) is 6.67. The van der Waals surface area contributed by atoms with Crippen molar-refractivity contribution in [3.8, 4) is 11.5 Å². The number of carbonyl (C=O) groups is 3. The molecule has 1 N–H and O–H groups in total. The largest absolute Gasteiger partial charge is 0.493 e. The Morgan fingerprint density at radius 2 is 1.68 bits per heavy atom. The molecule has 0 aliphatic rings. The molecule has 0 unspecified atom stereocenters. The van der Waals surface area contributed by atoms with E-state index in [2.05, 4.69) is 10.3 Å². The van der Waals surface area contributed by atoms with Crippen LogP contribution >= 0.6 is 0 Å². The van der Waals surface area contributed by atoms with E-state index in [0.29, 0.717) is 0 Å². The average molecular weight is 433 g/mol. The van der Waals surface area contributed by atoms with Crippen LogP contribution in [0.4, 0.5) is 0 Å². The fourth-order valence-corrected chi connectivity index (χ4v) is 2.47. The van der Waals surface area contributed by atoms with Gasteiger partial charge in [-0.05, 0) is 20.3 Å². The van der Waals surface area contributed by atoms with Crippen LogP contribution in [0.25, 0.3) is 0 Å². The maximum Gasteiger partial charge on any atom is 0.328 e. The summed E-state index contributed by atoms with van der Waals surface area (Å²) in [7, 11) is 1.37. The number of ether oxygens (including phenoxy) is 3. The van der Waals surface area contributed by atoms with Crippen LogP contribution in [-0.2, 0) is 14.3 Å². The third-order valence-electron chi connectivity index (χ3n) is 3.93. The lowest BCUT2D eigenvalue weighted by Crippen LogP contribution is -2.41. The van der Waals surface area contributed by atoms with Crippen LogP contribution in [-0.4, -0.2) is 42.1 Å². The first kappa shape index (κ1) is 25.6. The summed E-state index contributed by atoms with van der Waals surface area (Å²) in [5.74, 6) is -1.77. The summed E-state index contributed by atoms with van der Waals surface area (Å²) in [5.41, 5.74) is -0.157. The van der Waals surface area contributed by atoms with Crippen molar-refractivity contribution in [1.82, 2.24) is 10.3 Å². The lowest BCUT2D eigenvalue weighted by Gasteiger charge is -2.18. The third-order valence-corrected chi connectivity index (χ3v) is 3.93. The number of rotatable bonds is 8. The van der Waals surface area contributed by atoms with Gasteiger partial charge in [0, 0.05) is 20.6 Å². The number of hydrogen-bond acceptors (Lipinski definition) is 7. The fourth-order valence-electron chi connectivity index (χ4n) is 2.47. The Hall–Kier alpha value is -3.42. The molecule has 0 aliphatic heterocycles. The zero-order valence-electron chi connectivity index (χ0n) is 18.6. The molecule has 0 spiro atoms. The van der Waals surface area contributed by atoms with E-state index in [-0.39, 0.29) is 24.7 Å². The Morgan fingerprint density at radius 1 is 1.10 bits per heavy atom. The Bertz CT molecular complexity index is 821. The van der Waals surface area contributed by atoms with Crippen LogP contribution in [0.1, 0.15) is 52.5 Å². The van der Waals surface area contributed by atoms with Crippen LogP contribution in [0.15, 0.2) is 48.7 Å². The van der Waals surface area contributed by atoms with E-state index in [4.69, 9.17) is 14.2 Å². The lowest BCUT2D eigenvalue weighted by atomic mass is 10.2. The van der Waals surface area contributed by atoms with Gasteiger partial charge in [-0.2, -0.15) is 0 Å². The molecule has 2 atom stereocenters. The Labute approximate surface area is 184 Å². The van der Waals surface area contributed by atoms with Gasteiger partial charge < -0.3 is 19.5 Å². The van der Waals surface area contributed by atoms with E-state index in [9.17, 15) is 14.4 Å². The number of pyridine rings is 1. The van der Waals surface area contributed by atoms with E-state index >= 15 is 0 Å². The molecule has 8 heteroatoms. The number of benzene rings is 1. The van der Waals surface area contributed by atoms with Gasteiger partial charge in [-0.1, -0.05) is 49.7 Å². The number of carbonyl (C=O) groups excluding carboxylic acids is 3. The number of nitrogens with one attached hydrogen (secondary N) is 1. The van der Waals surface area contributed by atoms with Crippen molar-refractivity contribution < 1.29 is 30.0 Å². The second kappa shape index (κ2) is 13.7. The third kappa shape index (κ3) is 9.29. The lowest BCUT2D eigenvalue weighted by molar-refractivity contribution is -0.150. The van der Waals surface area contributed by atoms with Crippen LogP contribution in [0.3, 0.4) is 0 Å². The van der Waals surface area contributed by atoms with Gasteiger partial charge in [0.1, 0.15) is 6.04 Å². The molecule has 8 nitrogen and oxygen atoms in total. The van der Waals surface area contributed by atoms with Gasteiger partial charge in [0.2, 0.25) is 5.75 Å². The smallest absolute Gasteiger partial charge is 0.328 e. The molecular weight excluding hydrogens is 400 g/mol. The molecule has 2 aromatic rings. The molecule has 1 aromatic heterocycles. The van der Waals surface area contributed by atoms with Crippen molar-refractivity contribution in [1.29, 1.82) is 0 Å². The molecule has 0 fully saturated rings. The van der Waals surface area contributed by atoms with Crippen molar-refractivity contribution in [3.63, 3.8) is 0 Å². The zero-order valence-corrected chi connectivity index (χ0v) is 18.6. The van der Waals surface area contributed by atoms with Gasteiger partial charge in [-0.3, -0.25) is 9.59 Å². The summed E-state index contributed by atoms with van der Waals surface area (Å²) in [5, 5.41) is 2.49. The van der Waals surface area contributed by atoms with E-state index in [1.165, 1.54) is 33.2 Å². The normalized spacial score (nSPS) is 11.8. The van der Waals surface area contributed by atoms with Gasteiger partial charge in [-0.25, -0.2) is 9.78 Å². The maximum absolute atomic E-state index is 12.4. The van der Waals surface area contributed by atoms with Gasteiger partial charge in [0.05, 0.1) is 13.2 Å². The highest BCUT2D eigenvalue weighted by molar-refractivity contribution is 5.98. The highest BCUT2D eigenvalue weighted by Gasteiger charge is 2.25. The standard InChI is InChI=1S/C17H24N2O6.C6H6.H2/c1-6-7-10(2)24-17(22)11(3)19-16(21)14-15(25-12(4)20)13(23-5)8-9-18-14;1-2-4-6-5-3-1;/h8-11H,6-7H2,1-5H3,(H,19,21);1-6H;1H/t10-,11-;;/m0../s1. The van der Waals surface area contributed by atoms with Crippen molar-refractivity contribution in [2.45, 2.75) is 52.7 Å². The first-order chi connectivity index (χ1) is 14.8. The summed E-state index contributed by atoms with van der Waals surface area (Å²) < 4.78 is 15.3. The van der Waals surface area contributed by atoms with E-state index < -0.39 is 23.9 Å². The quantitative estimate of drug-likeness (QED) is 0.633.